The molecule has 1 N–H and O–H groups in total. The first-order valence-electron chi connectivity index (χ1n) is 7.54. The smallest absolute Gasteiger partial charge is 0.277 e. The van der Waals surface area contributed by atoms with E-state index in [0.717, 1.165) is 36.2 Å². The van der Waals surface area contributed by atoms with Gasteiger partial charge in [0, 0.05) is 36.4 Å². The van der Waals surface area contributed by atoms with Crippen LogP contribution in [0.3, 0.4) is 0 Å². The van der Waals surface area contributed by atoms with E-state index in [-0.39, 0.29) is 5.91 Å². The molecule has 4 heterocycles. The van der Waals surface area contributed by atoms with Crippen molar-refractivity contribution in [3.05, 3.63) is 60.3 Å². The molecule has 6 heteroatoms. The number of amides is 1. The number of nitrogens with one attached hydrogen (secondary N) is 1. The minimum atomic E-state index is -0.234. The van der Waals surface area contributed by atoms with Crippen LogP contribution in [0.4, 0.5) is 5.82 Å². The van der Waals surface area contributed by atoms with Crippen LogP contribution in [-0.2, 0) is 13.0 Å². The zero-order valence-electron chi connectivity index (χ0n) is 12.4. The predicted molar refractivity (Wildman–Crippen MR) is 86.0 cm³/mol. The fourth-order valence-corrected chi connectivity index (χ4v) is 2.76. The van der Waals surface area contributed by atoms with Gasteiger partial charge in [0.05, 0.1) is 0 Å². The molecule has 0 radical (unpaired) electrons. The molecule has 0 spiro atoms. The van der Waals surface area contributed by atoms with E-state index in [4.69, 9.17) is 0 Å². The summed E-state index contributed by atoms with van der Waals surface area (Å²) in [6.07, 6.45) is 7.26. The molecule has 0 saturated carbocycles. The summed E-state index contributed by atoms with van der Waals surface area (Å²) >= 11 is 0. The minimum absolute atomic E-state index is 0.234. The van der Waals surface area contributed by atoms with E-state index >= 15 is 0 Å². The molecule has 1 amide bonds. The molecule has 0 aromatic carbocycles. The first-order chi connectivity index (χ1) is 11.3. The third kappa shape index (κ3) is 2.70. The first-order valence-corrected chi connectivity index (χ1v) is 7.54. The van der Waals surface area contributed by atoms with Crippen LogP contribution in [0.15, 0.2) is 48.9 Å². The van der Waals surface area contributed by atoms with Crippen molar-refractivity contribution in [3.63, 3.8) is 0 Å². The summed E-state index contributed by atoms with van der Waals surface area (Å²) in [6, 6.07) is 9.42. The second-order valence-electron chi connectivity index (χ2n) is 5.47. The highest BCUT2D eigenvalue weighted by Gasteiger charge is 2.18. The lowest BCUT2D eigenvalue weighted by Gasteiger charge is -2.05. The molecule has 1 aliphatic rings. The Hall–Kier alpha value is -3.02. The molecule has 0 aliphatic carbocycles. The van der Waals surface area contributed by atoms with Crippen molar-refractivity contribution in [2.75, 3.05) is 5.32 Å². The van der Waals surface area contributed by atoms with Gasteiger partial charge in [-0.2, -0.15) is 5.10 Å². The van der Waals surface area contributed by atoms with Crippen molar-refractivity contribution in [2.24, 2.45) is 0 Å². The van der Waals surface area contributed by atoms with Crippen LogP contribution in [0.5, 0.6) is 0 Å². The van der Waals surface area contributed by atoms with Gasteiger partial charge in [-0.1, -0.05) is 6.07 Å². The van der Waals surface area contributed by atoms with Gasteiger partial charge in [-0.25, -0.2) is 4.98 Å². The van der Waals surface area contributed by atoms with Gasteiger partial charge in [0.2, 0.25) is 0 Å². The van der Waals surface area contributed by atoms with Crippen LogP contribution < -0.4 is 5.32 Å². The summed E-state index contributed by atoms with van der Waals surface area (Å²) in [4.78, 5) is 20.6. The number of hydrogen-bond acceptors (Lipinski definition) is 4. The highest BCUT2D eigenvalue weighted by molar-refractivity contribution is 6.02. The number of aromatic nitrogens is 4. The Bertz CT molecular complexity index is 835. The molecule has 23 heavy (non-hydrogen) atoms. The molecular weight excluding hydrogens is 290 g/mol. The fraction of sp³-hybridized carbons (Fsp3) is 0.176. The molecule has 0 unspecified atom stereocenters. The maximum absolute atomic E-state index is 12.3. The molecule has 1 aliphatic heterocycles. The summed E-state index contributed by atoms with van der Waals surface area (Å²) < 4.78 is 1.90. The first kappa shape index (κ1) is 13.6. The largest absolute Gasteiger partial charge is 0.305 e. The third-order valence-corrected chi connectivity index (χ3v) is 3.90. The number of pyridine rings is 2. The van der Waals surface area contributed by atoms with Crippen molar-refractivity contribution in [2.45, 2.75) is 19.4 Å². The maximum atomic E-state index is 12.3. The molecular formula is C17H15N5O. The molecule has 114 valence electrons. The Labute approximate surface area is 133 Å². The van der Waals surface area contributed by atoms with Gasteiger partial charge in [-0.05, 0) is 42.7 Å². The number of anilines is 1. The lowest BCUT2D eigenvalue weighted by atomic mass is 10.1. The monoisotopic (exact) mass is 305 g/mol. The van der Waals surface area contributed by atoms with E-state index < -0.39 is 0 Å². The van der Waals surface area contributed by atoms with E-state index in [1.165, 1.54) is 0 Å². The zero-order chi connectivity index (χ0) is 15.6. The standard InChI is InChI=1S/C17H15N5O/c23-17(15-10-14-4-2-8-22(14)21-15)20-16-9-12(5-7-19-16)13-3-1-6-18-11-13/h1,3,5-7,9-11H,2,4,8H2,(H,19,20,23). The van der Waals surface area contributed by atoms with Crippen LogP contribution in [-0.4, -0.2) is 25.7 Å². The third-order valence-electron chi connectivity index (χ3n) is 3.90. The van der Waals surface area contributed by atoms with Crippen molar-refractivity contribution < 1.29 is 4.79 Å². The number of rotatable bonds is 3. The van der Waals surface area contributed by atoms with E-state index in [1.54, 1.807) is 18.6 Å². The van der Waals surface area contributed by atoms with Crippen molar-refractivity contribution >= 4 is 11.7 Å². The summed E-state index contributed by atoms with van der Waals surface area (Å²) in [5, 5.41) is 7.15. The highest BCUT2D eigenvalue weighted by atomic mass is 16.2. The summed E-state index contributed by atoms with van der Waals surface area (Å²) in [5.41, 5.74) is 3.49. The Balaban J connectivity index is 1.55. The Kier molecular flexibility index (Phi) is 3.34. The fourth-order valence-electron chi connectivity index (χ4n) is 2.76. The van der Waals surface area contributed by atoms with Gasteiger partial charge in [0.25, 0.3) is 5.91 Å². The molecule has 0 fully saturated rings. The molecule has 0 saturated heterocycles. The number of nitrogens with zero attached hydrogens (tertiary/aromatic N) is 4. The Morgan fingerprint density at radius 3 is 2.96 bits per heavy atom. The van der Waals surface area contributed by atoms with Crippen LogP contribution in [0.25, 0.3) is 11.1 Å². The van der Waals surface area contributed by atoms with Gasteiger partial charge in [0.15, 0.2) is 5.69 Å². The van der Waals surface area contributed by atoms with Crippen molar-refractivity contribution in [1.82, 2.24) is 19.7 Å². The van der Waals surface area contributed by atoms with Crippen LogP contribution >= 0.6 is 0 Å². The quantitative estimate of drug-likeness (QED) is 0.807. The topological polar surface area (TPSA) is 72.7 Å². The molecule has 0 atom stereocenters. The highest BCUT2D eigenvalue weighted by Crippen LogP contribution is 2.21. The van der Waals surface area contributed by atoms with Crippen LogP contribution in [0, 0.1) is 0 Å². The molecule has 6 nitrogen and oxygen atoms in total. The zero-order valence-corrected chi connectivity index (χ0v) is 12.4. The molecule has 3 aromatic rings. The number of carbonyl (C=O) groups excluding carboxylic acids is 1. The Morgan fingerprint density at radius 1 is 1.17 bits per heavy atom. The average molecular weight is 305 g/mol. The van der Waals surface area contributed by atoms with E-state index in [2.05, 4.69) is 20.4 Å². The van der Waals surface area contributed by atoms with Gasteiger partial charge < -0.3 is 5.32 Å². The lowest BCUT2D eigenvalue weighted by molar-refractivity contribution is 0.102. The second kappa shape index (κ2) is 5.64. The number of carbonyl (C=O) groups is 1. The minimum Gasteiger partial charge on any atom is -0.305 e. The van der Waals surface area contributed by atoms with Gasteiger partial charge >= 0.3 is 0 Å². The second-order valence-corrected chi connectivity index (χ2v) is 5.47. The van der Waals surface area contributed by atoms with E-state index in [1.807, 2.05) is 35.0 Å². The van der Waals surface area contributed by atoms with E-state index in [9.17, 15) is 4.79 Å². The van der Waals surface area contributed by atoms with Crippen molar-refractivity contribution in [1.29, 1.82) is 0 Å². The molecule has 4 rings (SSSR count). The van der Waals surface area contributed by atoms with Gasteiger partial charge in [-0.15, -0.1) is 0 Å². The maximum Gasteiger partial charge on any atom is 0.277 e. The SMILES string of the molecule is O=C(Nc1cc(-c2cccnc2)ccn1)c1cc2n(n1)CCC2. The summed E-state index contributed by atoms with van der Waals surface area (Å²) in [7, 11) is 0. The normalized spacial score (nSPS) is 12.9. The van der Waals surface area contributed by atoms with Crippen molar-refractivity contribution in [3.8, 4) is 11.1 Å². The molecule has 0 bridgehead atoms. The van der Waals surface area contributed by atoms with Gasteiger partial charge in [-0.3, -0.25) is 14.5 Å². The van der Waals surface area contributed by atoms with Crippen LogP contribution in [0.1, 0.15) is 22.6 Å². The van der Waals surface area contributed by atoms with Crippen LogP contribution in [0.2, 0.25) is 0 Å². The van der Waals surface area contributed by atoms with E-state index in [0.29, 0.717) is 11.5 Å². The summed E-state index contributed by atoms with van der Waals surface area (Å²) in [6.45, 7) is 0.886. The Morgan fingerprint density at radius 2 is 2.13 bits per heavy atom. The number of hydrogen-bond donors (Lipinski definition) is 1. The average Bonchev–Trinajstić information content (AvgIpc) is 3.18. The summed E-state index contributed by atoms with van der Waals surface area (Å²) in [5.74, 6) is 0.271. The van der Waals surface area contributed by atoms with Gasteiger partial charge in [0.1, 0.15) is 5.82 Å². The lowest BCUT2D eigenvalue weighted by Crippen LogP contribution is -2.14. The number of fused-ring (bicyclic) bond motifs is 1. The predicted octanol–water partition coefficient (Wildman–Crippen LogP) is 2.54. The number of aryl methyl sites for hydroxylation is 2. The molecule has 3 aromatic heterocycles.